The van der Waals surface area contributed by atoms with Gasteiger partial charge in [0.15, 0.2) is 0 Å². The minimum atomic E-state index is -0.994. The molecule has 2 rings (SSSR count). The summed E-state index contributed by atoms with van der Waals surface area (Å²) in [6, 6.07) is 5.22. The van der Waals surface area contributed by atoms with E-state index >= 15 is 0 Å². The van der Waals surface area contributed by atoms with E-state index < -0.39 is 12.0 Å². The topological polar surface area (TPSA) is 82.2 Å². The van der Waals surface area contributed by atoms with Crippen LogP contribution in [0.3, 0.4) is 0 Å². The number of aliphatic carboxylic acids is 1. The van der Waals surface area contributed by atoms with Gasteiger partial charge < -0.3 is 15.4 Å². The van der Waals surface area contributed by atoms with Crippen LogP contribution in [0.15, 0.2) is 24.4 Å². The zero-order chi connectivity index (χ0) is 16.3. The molecule has 0 bridgehead atoms. The number of amides is 1. The molecule has 0 aliphatic rings. The molecule has 0 spiro atoms. The number of aromatic nitrogens is 1. The van der Waals surface area contributed by atoms with E-state index in [9.17, 15) is 9.59 Å². The first-order valence-corrected chi connectivity index (χ1v) is 7.48. The molecular weight excluding hydrogens is 280 g/mol. The van der Waals surface area contributed by atoms with Gasteiger partial charge in [-0.15, -0.1) is 0 Å². The minimum Gasteiger partial charge on any atom is -0.480 e. The number of carboxylic acid groups (broad SMARTS) is 1. The van der Waals surface area contributed by atoms with Crippen LogP contribution in [0.25, 0.3) is 10.9 Å². The summed E-state index contributed by atoms with van der Waals surface area (Å²) in [6.07, 6.45) is 2.78. The van der Waals surface area contributed by atoms with Gasteiger partial charge in [-0.05, 0) is 30.4 Å². The predicted octanol–water partition coefficient (Wildman–Crippen LogP) is 2.63. The van der Waals surface area contributed by atoms with Gasteiger partial charge in [-0.25, -0.2) is 4.79 Å². The summed E-state index contributed by atoms with van der Waals surface area (Å²) < 4.78 is 0. The number of aromatic amines is 1. The molecule has 5 heteroatoms. The molecule has 0 saturated heterocycles. The molecule has 5 nitrogen and oxygen atoms in total. The number of aryl methyl sites for hydroxylation is 2. The van der Waals surface area contributed by atoms with Gasteiger partial charge in [0.2, 0.25) is 5.91 Å². The van der Waals surface area contributed by atoms with Crippen molar-refractivity contribution < 1.29 is 14.7 Å². The van der Waals surface area contributed by atoms with E-state index in [4.69, 9.17) is 5.11 Å². The van der Waals surface area contributed by atoms with Crippen LogP contribution in [0.1, 0.15) is 31.4 Å². The molecule has 22 heavy (non-hydrogen) atoms. The molecule has 1 heterocycles. The second kappa shape index (κ2) is 6.64. The van der Waals surface area contributed by atoms with Crippen LogP contribution in [0.5, 0.6) is 0 Å². The van der Waals surface area contributed by atoms with Crippen molar-refractivity contribution in [2.24, 2.45) is 5.92 Å². The summed E-state index contributed by atoms with van der Waals surface area (Å²) in [7, 11) is 0. The van der Waals surface area contributed by atoms with Gasteiger partial charge >= 0.3 is 5.97 Å². The molecule has 0 radical (unpaired) electrons. The molecule has 1 atom stereocenters. The van der Waals surface area contributed by atoms with Crippen molar-refractivity contribution in [2.75, 3.05) is 0 Å². The van der Waals surface area contributed by atoms with Gasteiger partial charge in [-0.2, -0.15) is 0 Å². The zero-order valence-electron chi connectivity index (χ0n) is 13.1. The summed E-state index contributed by atoms with van der Waals surface area (Å²) in [4.78, 5) is 26.3. The molecule has 3 N–H and O–H groups in total. The molecule has 1 aromatic heterocycles. The maximum Gasteiger partial charge on any atom is 0.326 e. The first-order chi connectivity index (χ1) is 10.4. The van der Waals surface area contributed by atoms with Crippen LogP contribution in [-0.4, -0.2) is 28.0 Å². The van der Waals surface area contributed by atoms with Gasteiger partial charge in [0.1, 0.15) is 6.04 Å². The Morgan fingerprint density at radius 1 is 1.32 bits per heavy atom. The zero-order valence-corrected chi connectivity index (χ0v) is 13.1. The fourth-order valence-electron chi connectivity index (χ4n) is 2.58. The van der Waals surface area contributed by atoms with E-state index in [0.29, 0.717) is 6.42 Å². The first-order valence-electron chi connectivity index (χ1n) is 7.48. The van der Waals surface area contributed by atoms with Crippen molar-refractivity contribution >= 4 is 22.8 Å². The highest BCUT2D eigenvalue weighted by Crippen LogP contribution is 2.22. The Hall–Kier alpha value is -2.30. The second-order valence-electron chi connectivity index (χ2n) is 5.94. The van der Waals surface area contributed by atoms with Crippen molar-refractivity contribution in [2.45, 2.75) is 39.7 Å². The van der Waals surface area contributed by atoms with E-state index in [-0.39, 0.29) is 18.2 Å². The van der Waals surface area contributed by atoms with Crippen LogP contribution in [0.4, 0.5) is 0 Å². The average Bonchev–Trinajstić information content (AvgIpc) is 2.86. The lowest BCUT2D eigenvalue weighted by molar-refractivity contribution is -0.143. The lowest BCUT2D eigenvalue weighted by Crippen LogP contribution is -2.44. The van der Waals surface area contributed by atoms with Gasteiger partial charge in [0.25, 0.3) is 0 Å². The summed E-state index contributed by atoms with van der Waals surface area (Å²) >= 11 is 0. The third-order valence-corrected chi connectivity index (χ3v) is 3.88. The Kier molecular flexibility index (Phi) is 4.85. The number of benzene rings is 1. The quantitative estimate of drug-likeness (QED) is 0.767. The Labute approximate surface area is 129 Å². The number of carbonyl (C=O) groups is 2. The number of carbonyl (C=O) groups excluding carboxylic acids is 1. The normalized spacial score (nSPS) is 12.5. The van der Waals surface area contributed by atoms with Crippen molar-refractivity contribution in [3.8, 4) is 0 Å². The second-order valence-corrected chi connectivity index (χ2v) is 5.94. The highest BCUT2D eigenvalue weighted by molar-refractivity contribution is 5.87. The lowest BCUT2D eigenvalue weighted by atomic mass is 10.0. The van der Waals surface area contributed by atoms with E-state index in [1.54, 1.807) is 13.8 Å². The lowest BCUT2D eigenvalue weighted by Gasteiger charge is -2.17. The molecule has 0 aliphatic carbocycles. The molecule has 0 aliphatic heterocycles. The number of H-pyrrole nitrogens is 1. The van der Waals surface area contributed by atoms with Crippen LogP contribution < -0.4 is 5.32 Å². The number of nitrogens with one attached hydrogen (secondary N) is 2. The fourth-order valence-corrected chi connectivity index (χ4v) is 2.58. The Bertz CT molecular complexity index is 688. The SMILES string of the molecule is Cc1cccc2c(CCC(=O)N[C@H](C(=O)O)C(C)C)c[nH]c12. The van der Waals surface area contributed by atoms with Crippen molar-refractivity contribution in [3.05, 3.63) is 35.5 Å². The molecule has 1 amide bonds. The highest BCUT2D eigenvalue weighted by Gasteiger charge is 2.23. The minimum absolute atomic E-state index is 0.141. The standard InChI is InChI=1S/C17H22N2O3/c1-10(2)15(17(21)22)19-14(20)8-7-12-9-18-16-11(3)5-4-6-13(12)16/h4-6,9-10,15,18H,7-8H2,1-3H3,(H,19,20)(H,21,22)/t15-/m0/s1. The molecule has 0 fully saturated rings. The van der Waals surface area contributed by atoms with Crippen LogP contribution in [0, 0.1) is 12.8 Å². The number of carboxylic acids is 1. The van der Waals surface area contributed by atoms with Gasteiger partial charge in [0.05, 0.1) is 0 Å². The first kappa shape index (κ1) is 16.1. The van der Waals surface area contributed by atoms with E-state index in [1.807, 2.05) is 31.3 Å². The van der Waals surface area contributed by atoms with E-state index in [2.05, 4.69) is 10.3 Å². The molecule has 0 unspecified atom stereocenters. The Balaban J connectivity index is 2.01. The summed E-state index contributed by atoms with van der Waals surface area (Å²) in [5.41, 5.74) is 3.33. The predicted molar refractivity (Wildman–Crippen MR) is 85.8 cm³/mol. The van der Waals surface area contributed by atoms with Gasteiger partial charge in [-0.1, -0.05) is 32.0 Å². The Morgan fingerprint density at radius 3 is 2.68 bits per heavy atom. The largest absolute Gasteiger partial charge is 0.480 e. The third-order valence-electron chi connectivity index (χ3n) is 3.88. The molecule has 0 saturated carbocycles. The fraction of sp³-hybridized carbons (Fsp3) is 0.412. The van der Waals surface area contributed by atoms with E-state index in [1.165, 1.54) is 5.56 Å². The number of fused-ring (bicyclic) bond motifs is 1. The Morgan fingerprint density at radius 2 is 2.05 bits per heavy atom. The van der Waals surface area contributed by atoms with Crippen LogP contribution in [0.2, 0.25) is 0 Å². The number of hydrogen-bond acceptors (Lipinski definition) is 2. The average molecular weight is 302 g/mol. The molecule has 118 valence electrons. The van der Waals surface area contributed by atoms with Gasteiger partial charge in [0, 0.05) is 23.5 Å². The highest BCUT2D eigenvalue weighted by atomic mass is 16.4. The monoisotopic (exact) mass is 302 g/mol. The smallest absolute Gasteiger partial charge is 0.326 e. The number of hydrogen-bond donors (Lipinski definition) is 3. The third kappa shape index (κ3) is 3.47. The number of para-hydroxylation sites is 1. The molecular formula is C17H22N2O3. The number of rotatable bonds is 6. The van der Waals surface area contributed by atoms with Crippen LogP contribution in [-0.2, 0) is 16.0 Å². The maximum atomic E-state index is 12.0. The van der Waals surface area contributed by atoms with Crippen LogP contribution >= 0.6 is 0 Å². The maximum absolute atomic E-state index is 12.0. The van der Waals surface area contributed by atoms with E-state index in [0.717, 1.165) is 16.5 Å². The summed E-state index contributed by atoms with van der Waals surface area (Å²) in [5.74, 6) is -1.37. The molecule has 2 aromatic rings. The summed E-state index contributed by atoms with van der Waals surface area (Å²) in [5, 5.41) is 12.8. The van der Waals surface area contributed by atoms with Gasteiger partial charge in [-0.3, -0.25) is 4.79 Å². The van der Waals surface area contributed by atoms with Crippen molar-refractivity contribution in [1.82, 2.24) is 10.3 Å². The van der Waals surface area contributed by atoms with Crippen molar-refractivity contribution in [1.29, 1.82) is 0 Å². The molecule has 1 aromatic carbocycles. The van der Waals surface area contributed by atoms with Crippen molar-refractivity contribution in [3.63, 3.8) is 0 Å². The summed E-state index contributed by atoms with van der Waals surface area (Å²) in [6.45, 7) is 5.60.